The Morgan fingerprint density at radius 1 is 1.12 bits per heavy atom. The Kier molecular flexibility index (Phi) is 5.14. The number of hydrogen-bond acceptors (Lipinski definition) is 5. The molecule has 32 heavy (non-hydrogen) atoms. The largest absolute Gasteiger partial charge is 0.496 e. The van der Waals surface area contributed by atoms with Gasteiger partial charge in [-0.25, -0.2) is 0 Å². The van der Waals surface area contributed by atoms with E-state index in [1.54, 1.807) is 7.11 Å². The Labute approximate surface area is 192 Å². The van der Waals surface area contributed by atoms with Gasteiger partial charge in [0, 0.05) is 17.0 Å². The van der Waals surface area contributed by atoms with Gasteiger partial charge < -0.3 is 9.47 Å². The molecule has 160 valence electrons. The lowest BCUT2D eigenvalue weighted by Gasteiger charge is -2.20. The Morgan fingerprint density at radius 2 is 1.91 bits per heavy atom. The van der Waals surface area contributed by atoms with Crippen LogP contribution in [0.4, 0.5) is 0 Å². The van der Waals surface area contributed by atoms with Crippen LogP contribution >= 0.6 is 15.9 Å². The first-order chi connectivity index (χ1) is 15.6. The van der Waals surface area contributed by atoms with Crippen molar-refractivity contribution in [3.05, 3.63) is 82.5 Å². The van der Waals surface area contributed by atoms with Gasteiger partial charge in [0.2, 0.25) is 12.1 Å². The fourth-order valence-corrected chi connectivity index (χ4v) is 4.28. The Bertz CT molecular complexity index is 1360. The van der Waals surface area contributed by atoms with Gasteiger partial charge >= 0.3 is 0 Å². The molecular weight excluding hydrogens is 472 g/mol. The van der Waals surface area contributed by atoms with Gasteiger partial charge in [-0.1, -0.05) is 64.5 Å². The quantitative estimate of drug-likeness (QED) is 0.424. The van der Waals surface area contributed by atoms with Crippen molar-refractivity contribution >= 4 is 38.5 Å². The average molecular weight is 491 g/mol. The Hall–Kier alpha value is -3.65. The molecule has 1 amide bonds. The summed E-state index contributed by atoms with van der Waals surface area (Å²) >= 11 is 3.53. The second-order valence-electron chi connectivity index (χ2n) is 7.29. The number of halogens is 1. The molecule has 0 aliphatic carbocycles. The van der Waals surface area contributed by atoms with Crippen molar-refractivity contribution in [2.24, 2.45) is 5.10 Å². The molecule has 1 N–H and O–H groups in total. The molecule has 5 rings (SSSR count). The predicted octanol–water partition coefficient (Wildman–Crippen LogP) is 5.24. The lowest BCUT2D eigenvalue weighted by molar-refractivity contribution is -0.135. The molecule has 8 heteroatoms. The number of fused-ring (bicyclic) bond motifs is 1. The zero-order chi connectivity index (χ0) is 22.2. The first-order valence-electron chi connectivity index (χ1n) is 9.98. The zero-order valence-electron chi connectivity index (χ0n) is 17.4. The number of hydrazone groups is 1. The van der Waals surface area contributed by atoms with Crippen LogP contribution in [-0.4, -0.2) is 34.1 Å². The molecule has 2 heterocycles. The molecule has 0 bridgehead atoms. The summed E-state index contributed by atoms with van der Waals surface area (Å²) in [7, 11) is 1.64. The van der Waals surface area contributed by atoms with Gasteiger partial charge in [-0.2, -0.15) is 10.1 Å². The van der Waals surface area contributed by atoms with Crippen molar-refractivity contribution in [1.29, 1.82) is 0 Å². The van der Waals surface area contributed by atoms with Crippen molar-refractivity contribution < 1.29 is 14.3 Å². The number of hydrogen-bond donors (Lipinski definition) is 1. The number of amides is 1. The number of aromatic amines is 1. The minimum Gasteiger partial charge on any atom is -0.496 e. The van der Waals surface area contributed by atoms with E-state index >= 15 is 0 Å². The number of benzene rings is 3. The molecule has 1 aliphatic heterocycles. The van der Waals surface area contributed by atoms with Gasteiger partial charge in [0.05, 0.1) is 18.4 Å². The molecule has 7 nitrogen and oxygen atoms in total. The van der Waals surface area contributed by atoms with Gasteiger partial charge in [-0.15, -0.1) is 5.10 Å². The van der Waals surface area contributed by atoms with Crippen molar-refractivity contribution in [3.63, 3.8) is 0 Å². The highest BCUT2D eigenvalue weighted by molar-refractivity contribution is 9.10. The van der Waals surface area contributed by atoms with E-state index in [4.69, 9.17) is 9.47 Å². The zero-order valence-corrected chi connectivity index (χ0v) is 19.0. The third-order valence-electron chi connectivity index (χ3n) is 5.31. The molecule has 0 fully saturated rings. The summed E-state index contributed by atoms with van der Waals surface area (Å²) in [6.07, 6.45) is -0.670. The molecule has 0 saturated carbocycles. The van der Waals surface area contributed by atoms with Crippen molar-refractivity contribution in [2.45, 2.75) is 13.2 Å². The van der Waals surface area contributed by atoms with E-state index in [0.29, 0.717) is 23.0 Å². The highest BCUT2D eigenvalue weighted by Crippen LogP contribution is 2.38. The lowest BCUT2D eigenvalue weighted by Crippen LogP contribution is -2.25. The van der Waals surface area contributed by atoms with Gasteiger partial charge in [0.1, 0.15) is 11.4 Å². The van der Waals surface area contributed by atoms with Crippen molar-refractivity contribution in [2.75, 3.05) is 7.11 Å². The molecule has 4 aromatic rings. The number of nitrogens with one attached hydrogen (secondary N) is 1. The van der Waals surface area contributed by atoms with Crippen LogP contribution in [0, 0.1) is 0 Å². The number of carbonyl (C=O) groups excluding carboxylic acids is 1. The van der Waals surface area contributed by atoms with E-state index in [0.717, 1.165) is 26.4 Å². The van der Waals surface area contributed by atoms with Gasteiger partial charge in [-0.3, -0.25) is 9.89 Å². The van der Waals surface area contributed by atoms with Crippen LogP contribution in [0.2, 0.25) is 0 Å². The minimum atomic E-state index is -0.670. The summed E-state index contributed by atoms with van der Waals surface area (Å²) in [5.74, 6) is 0.780. The smallest absolute Gasteiger partial charge is 0.259 e. The molecule has 0 spiro atoms. The van der Waals surface area contributed by atoms with Crippen LogP contribution in [0.5, 0.6) is 5.75 Å². The van der Waals surface area contributed by atoms with E-state index in [1.165, 1.54) is 11.9 Å². The lowest BCUT2D eigenvalue weighted by atomic mass is 10.0. The molecule has 1 aromatic heterocycles. The Balaban J connectivity index is 1.55. The number of aromatic nitrogens is 2. The number of nitrogens with zero attached hydrogens (tertiary/aromatic N) is 3. The van der Waals surface area contributed by atoms with Crippen LogP contribution in [0.3, 0.4) is 0 Å². The van der Waals surface area contributed by atoms with E-state index in [-0.39, 0.29) is 5.91 Å². The maximum atomic E-state index is 12.3. The standard InChI is InChI=1S/C24H19BrN4O3/c1-14(30)29-24(17-9-5-6-10-18(17)25)32-23(28-29)20-13-19(26-27-20)22-16-8-4-3-7-15(16)11-12-21(22)31-2/h3-13,24H,1-2H3,(H,26,27)/t24-/m1/s1. The molecule has 1 aliphatic rings. The van der Waals surface area contributed by atoms with Gasteiger partial charge in [0.25, 0.3) is 5.90 Å². The van der Waals surface area contributed by atoms with E-state index in [1.807, 2.05) is 66.7 Å². The summed E-state index contributed by atoms with van der Waals surface area (Å²) < 4.78 is 12.5. The molecule has 0 unspecified atom stereocenters. The molecule has 0 radical (unpaired) electrons. The SMILES string of the molecule is COc1ccc2ccccc2c1-c1cc(C2=NN(C(C)=O)[C@@H](c3ccccc3Br)O2)[nH]n1. The van der Waals surface area contributed by atoms with Gasteiger partial charge in [-0.05, 0) is 29.0 Å². The predicted molar refractivity (Wildman–Crippen MR) is 125 cm³/mol. The molecule has 1 atom stereocenters. The highest BCUT2D eigenvalue weighted by Gasteiger charge is 2.35. The van der Waals surface area contributed by atoms with E-state index < -0.39 is 6.23 Å². The van der Waals surface area contributed by atoms with Crippen LogP contribution in [0.25, 0.3) is 22.0 Å². The molecule has 0 saturated heterocycles. The van der Waals surface area contributed by atoms with Crippen LogP contribution in [0.15, 0.2) is 76.3 Å². The minimum absolute atomic E-state index is 0.226. The number of ether oxygens (including phenoxy) is 2. The number of rotatable bonds is 4. The maximum absolute atomic E-state index is 12.3. The topological polar surface area (TPSA) is 79.8 Å². The molecular formula is C24H19BrN4O3. The normalized spacial score (nSPS) is 15.5. The summed E-state index contributed by atoms with van der Waals surface area (Å²) in [5.41, 5.74) is 2.93. The fraction of sp³-hybridized carbons (Fsp3) is 0.125. The summed E-state index contributed by atoms with van der Waals surface area (Å²) in [4.78, 5) is 12.3. The summed E-state index contributed by atoms with van der Waals surface area (Å²) in [6, 6.07) is 21.4. The third kappa shape index (κ3) is 3.42. The maximum Gasteiger partial charge on any atom is 0.259 e. The van der Waals surface area contributed by atoms with E-state index in [9.17, 15) is 4.79 Å². The van der Waals surface area contributed by atoms with Gasteiger partial charge in [0.15, 0.2) is 0 Å². The third-order valence-corrected chi connectivity index (χ3v) is 6.04. The second-order valence-corrected chi connectivity index (χ2v) is 8.15. The van der Waals surface area contributed by atoms with Crippen LogP contribution < -0.4 is 4.74 Å². The second kappa shape index (κ2) is 8.12. The fourth-order valence-electron chi connectivity index (χ4n) is 3.80. The first-order valence-corrected chi connectivity index (χ1v) is 10.8. The van der Waals surface area contributed by atoms with Crippen LogP contribution in [-0.2, 0) is 9.53 Å². The van der Waals surface area contributed by atoms with E-state index in [2.05, 4.69) is 31.2 Å². The monoisotopic (exact) mass is 490 g/mol. The molecule has 3 aromatic carbocycles. The summed E-state index contributed by atoms with van der Waals surface area (Å²) in [5, 5.41) is 15.4. The Morgan fingerprint density at radius 3 is 2.69 bits per heavy atom. The summed E-state index contributed by atoms with van der Waals surface area (Å²) in [6.45, 7) is 1.46. The van der Waals surface area contributed by atoms with Crippen molar-refractivity contribution in [3.8, 4) is 17.0 Å². The average Bonchev–Trinajstić information content (AvgIpc) is 3.46. The number of methoxy groups -OCH3 is 1. The van der Waals surface area contributed by atoms with Crippen molar-refractivity contribution in [1.82, 2.24) is 15.2 Å². The number of H-pyrrole nitrogens is 1. The van der Waals surface area contributed by atoms with Crippen LogP contribution in [0.1, 0.15) is 24.4 Å². The number of carbonyl (C=O) groups is 1. The first kappa shape index (κ1) is 20.3. The highest BCUT2D eigenvalue weighted by atomic mass is 79.9.